The Labute approximate surface area is 115 Å². The quantitative estimate of drug-likeness (QED) is 0.689. The van der Waals surface area contributed by atoms with Crippen LogP contribution in [0.1, 0.15) is 32.6 Å². The van der Waals surface area contributed by atoms with Gasteiger partial charge in [-0.25, -0.2) is 0 Å². The molecule has 3 unspecified atom stereocenters. The third-order valence-electron chi connectivity index (χ3n) is 3.44. The monoisotopic (exact) mass is 274 g/mol. The van der Waals surface area contributed by atoms with Crippen molar-refractivity contribution in [2.75, 3.05) is 26.5 Å². The van der Waals surface area contributed by atoms with Crippen molar-refractivity contribution in [2.24, 2.45) is 0 Å². The average Bonchev–Trinajstić information content (AvgIpc) is 2.39. The first-order valence-electron chi connectivity index (χ1n) is 6.72. The second-order valence-corrected chi connectivity index (χ2v) is 6.03. The van der Waals surface area contributed by atoms with Gasteiger partial charge in [0.15, 0.2) is 0 Å². The van der Waals surface area contributed by atoms with E-state index in [0.717, 1.165) is 5.25 Å². The number of ether oxygens (including phenoxy) is 1. The zero-order chi connectivity index (χ0) is 13.4. The summed E-state index contributed by atoms with van der Waals surface area (Å²) >= 11 is 1.94. The van der Waals surface area contributed by atoms with E-state index in [1.165, 1.54) is 25.7 Å². The maximum atomic E-state index is 11.8. The lowest BCUT2D eigenvalue weighted by Crippen LogP contribution is -2.48. The van der Waals surface area contributed by atoms with Crippen molar-refractivity contribution in [3.63, 3.8) is 0 Å². The lowest BCUT2D eigenvalue weighted by atomic mass is 9.94. The minimum atomic E-state index is -0.118. The minimum Gasteiger partial charge on any atom is -0.383 e. The molecule has 1 saturated carbocycles. The summed E-state index contributed by atoms with van der Waals surface area (Å²) in [5.74, 6) is 0.0679. The van der Waals surface area contributed by atoms with Crippen LogP contribution in [0, 0.1) is 0 Å². The van der Waals surface area contributed by atoms with Crippen molar-refractivity contribution in [2.45, 2.75) is 49.9 Å². The molecule has 0 spiro atoms. The van der Waals surface area contributed by atoms with Crippen LogP contribution < -0.4 is 10.6 Å². The summed E-state index contributed by atoms with van der Waals surface area (Å²) in [6, 6.07) is 0.367. The molecule has 2 N–H and O–H groups in total. The molecule has 0 heterocycles. The smallest absolute Gasteiger partial charge is 0.236 e. The topological polar surface area (TPSA) is 50.4 Å². The van der Waals surface area contributed by atoms with Gasteiger partial charge in [0.05, 0.1) is 12.6 Å². The molecule has 0 aromatic carbocycles. The molecule has 0 bridgehead atoms. The molecule has 0 saturated heterocycles. The highest BCUT2D eigenvalue weighted by molar-refractivity contribution is 7.99. The van der Waals surface area contributed by atoms with Crippen LogP contribution in [-0.2, 0) is 9.53 Å². The number of hydrogen-bond acceptors (Lipinski definition) is 4. The molecule has 18 heavy (non-hydrogen) atoms. The summed E-state index contributed by atoms with van der Waals surface area (Å²) in [7, 11) is 1.64. The Morgan fingerprint density at radius 3 is 2.94 bits per heavy atom. The highest BCUT2D eigenvalue weighted by atomic mass is 32.2. The molecule has 1 rings (SSSR count). The van der Waals surface area contributed by atoms with Gasteiger partial charge in [-0.05, 0) is 32.4 Å². The van der Waals surface area contributed by atoms with Gasteiger partial charge in [-0.2, -0.15) is 11.8 Å². The number of nitrogens with one attached hydrogen (secondary N) is 2. The third-order valence-corrected chi connectivity index (χ3v) is 4.54. The SMILES string of the molecule is COCCNC(=O)C(C)NC1CCCC(SC)C1. The van der Waals surface area contributed by atoms with Crippen LogP contribution in [0.5, 0.6) is 0 Å². The van der Waals surface area contributed by atoms with Crippen molar-refractivity contribution in [3.8, 4) is 0 Å². The van der Waals surface area contributed by atoms with Crippen molar-refractivity contribution in [1.82, 2.24) is 10.6 Å². The van der Waals surface area contributed by atoms with Crippen LogP contribution in [0.3, 0.4) is 0 Å². The first-order chi connectivity index (χ1) is 8.67. The van der Waals surface area contributed by atoms with Gasteiger partial charge in [0.25, 0.3) is 0 Å². The fourth-order valence-electron chi connectivity index (χ4n) is 2.37. The number of methoxy groups -OCH3 is 1. The predicted octanol–water partition coefficient (Wildman–Crippen LogP) is 1.40. The molecule has 1 aliphatic carbocycles. The molecule has 4 nitrogen and oxygen atoms in total. The largest absolute Gasteiger partial charge is 0.383 e. The Bertz CT molecular complexity index is 251. The van der Waals surface area contributed by atoms with Crippen LogP contribution in [0.15, 0.2) is 0 Å². The molecular formula is C13H26N2O2S. The number of amides is 1. The molecule has 0 aromatic rings. The minimum absolute atomic E-state index is 0.0679. The van der Waals surface area contributed by atoms with Crippen LogP contribution in [0.25, 0.3) is 0 Å². The number of thioether (sulfide) groups is 1. The lowest BCUT2D eigenvalue weighted by molar-refractivity contribution is -0.123. The molecule has 1 fully saturated rings. The molecule has 0 radical (unpaired) electrons. The zero-order valence-electron chi connectivity index (χ0n) is 11.7. The molecule has 1 aliphatic rings. The van der Waals surface area contributed by atoms with Gasteiger partial charge in [-0.15, -0.1) is 0 Å². The van der Waals surface area contributed by atoms with E-state index >= 15 is 0 Å². The maximum Gasteiger partial charge on any atom is 0.236 e. The zero-order valence-corrected chi connectivity index (χ0v) is 12.5. The first-order valence-corrected chi connectivity index (χ1v) is 8.01. The Morgan fingerprint density at radius 1 is 1.50 bits per heavy atom. The van der Waals surface area contributed by atoms with Gasteiger partial charge in [0.2, 0.25) is 5.91 Å². The third kappa shape index (κ3) is 5.59. The van der Waals surface area contributed by atoms with Crippen molar-refractivity contribution >= 4 is 17.7 Å². The predicted molar refractivity (Wildman–Crippen MR) is 77.0 cm³/mol. The number of rotatable bonds is 7. The average molecular weight is 274 g/mol. The van der Waals surface area contributed by atoms with Crippen LogP contribution >= 0.6 is 11.8 Å². The Kier molecular flexibility index (Phi) is 7.70. The number of hydrogen-bond donors (Lipinski definition) is 2. The summed E-state index contributed by atoms with van der Waals surface area (Å²) in [5, 5.41) is 7.06. The molecule has 106 valence electrons. The molecule has 5 heteroatoms. The fourth-order valence-corrected chi connectivity index (χ4v) is 3.20. The highest BCUT2D eigenvalue weighted by Gasteiger charge is 2.24. The summed E-state index contributed by atoms with van der Waals surface area (Å²) in [5.41, 5.74) is 0. The van der Waals surface area contributed by atoms with Gasteiger partial charge in [-0.1, -0.05) is 6.42 Å². The second-order valence-electron chi connectivity index (χ2n) is 4.89. The fraction of sp³-hybridized carbons (Fsp3) is 0.923. The van der Waals surface area contributed by atoms with E-state index in [2.05, 4.69) is 16.9 Å². The molecule has 1 amide bonds. The molecular weight excluding hydrogens is 248 g/mol. The normalized spacial score (nSPS) is 25.7. The van der Waals surface area contributed by atoms with Crippen LogP contribution in [-0.4, -0.2) is 49.8 Å². The number of carbonyl (C=O) groups is 1. The van der Waals surface area contributed by atoms with Crippen LogP contribution in [0.4, 0.5) is 0 Å². The summed E-state index contributed by atoms with van der Waals surface area (Å²) < 4.78 is 4.91. The molecule has 3 atom stereocenters. The highest BCUT2D eigenvalue weighted by Crippen LogP contribution is 2.27. The van der Waals surface area contributed by atoms with Gasteiger partial charge < -0.3 is 15.4 Å². The van der Waals surface area contributed by atoms with E-state index in [9.17, 15) is 4.79 Å². The van der Waals surface area contributed by atoms with Gasteiger partial charge in [-0.3, -0.25) is 4.79 Å². The van der Waals surface area contributed by atoms with E-state index < -0.39 is 0 Å². The van der Waals surface area contributed by atoms with Crippen LogP contribution in [0.2, 0.25) is 0 Å². The van der Waals surface area contributed by atoms with Gasteiger partial charge in [0.1, 0.15) is 0 Å². The van der Waals surface area contributed by atoms with E-state index in [1.807, 2.05) is 18.7 Å². The van der Waals surface area contributed by atoms with Crippen molar-refractivity contribution in [3.05, 3.63) is 0 Å². The van der Waals surface area contributed by atoms with E-state index in [4.69, 9.17) is 4.74 Å². The van der Waals surface area contributed by atoms with E-state index in [1.54, 1.807) is 7.11 Å². The molecule has 0 aliphatic heterocycles. The second kappa shape index (κ2) is 8.77. The van der Waals surface area contributed by atoms with E-state index in [-0.39, 0.29) is 11.9 Å². The summed E-state index contributed by atoms with van der Waals surface area (Å²) in [4.78, 5) is 11.8. The van der Waals surface area contributed by atoms with Gasteiger partial charge >= 0.3 is 0 Å². The van der Waals surface area contributed by atoms with Crippen molar-refractivity contribution in [1.29, 1.82) is 0 Å². The maximum absolute atomic E-state index is 11.8. The Hall–Kier alpha value is -0.260. The summed E-state index contributed by atoms with van der Waals surface area (Å²) in [6.45, 7) is 3.08. The Morgan fingerprint density at radius 2 is 2.28 bits per heavy atom. The standard InChI is InChI=1S/C13H26N2O2S/c1-10(13(16)14-7-8-17-2)15-11-5-4-6-12(9-11)18-3/h10-12,15H,4-9H2,1-3H3,(H,14,16). The Balaban J connectivity index is 2.25. The summed E-state index contributed by atoms with van der Waals surface area (Å²) in [6.07, 6.45) is 7.12. The lowest BCUT2D eigenvalue weighted by Gasteiger charge is -2.30. The van der Waals surface area contributed by atoms with E-state index in [0.29, 0.717) is 19.2 Å². The number of carbonyl (C=O) groups excluding carboxylic acids is 1. The van der Waals surface area contributed by atoms with Gasteiger partial charge in [0, 0.05) is 24.9 Å². The van der Waals surface area contributed by atoms with Crippen molar-refractivity contribution < 1.29 is 9.53 Å². The molecule has 0 aromatic heterocycles. The first kappa shape index (κ1) is 15.8.